The molecule has 14 nitrogen and oxygen atoms in total. The second-order valence-electron chi connectivity index (χ2n) is 11.5. The molecule has 0 saturated carbocycles. The Hall–Kier alpha value is -6.78. The van der Waals surface area contributed by atoms with Crippen LogP contribution < -0.4 is 0 Å². The summed E-state index contributed by atoms with van der Waals surface area (Å²) in [6.45, 7) is 7.92. The molecule has 7 rings (SSSR count). The van der Waals surface area contributed by atoms with E-state index in [4.69, 9.17) is 20.4 Å². The third-order valence-corrected chi connectivity index (χ3v) is 9.49. The molecule has 0 unspecified atom stereocenters. The Morgan fingerprint density at radius 2 is 0.804 bits per heavy atom. The topological polar surface area (TPSA) is 219 Å². The Morgan fingerprint density at radius 1 is 0.500 bits per heavy atom. The van der Waals surface area contributed by atoms with Crippen molar-refractivity contribution in [2.75, 3.05) is 0 Å². The molecule has 56 heavy (non-hydrogen) atoms. The third-order valence-electron chi connectivity index (χ3n) is 7.56. The van der Waals surface area contributed by atoms with Crippen LogP contribution >= 0.6 is 22.7 Å². The zero-order valence-corrected chi connectivity index (χ0v) is 32.5. The molecule has 7 aromatic rings. The largest absolute Gasteiger partial charge is 0.502 e. The highest BCUT2D eigenvalue weighted by Crippen LogP contribution is 2.35. The number of pyridine rings is 2. The molecule has 0 spiro atoms. The summed E-state index contributed by atoms with van der Waals surface area (Å²) in [4.78, 5) is 37.9. The predicted octanol–water partition coefficient (Wildman–Crippen LogP) is 9.46. The molecule has 0 saturated heterocycles. The standard InChI is InChI=1S/C12H12N2.C8H12N2.C8H6S2.2C6H5NO4/c1(11-3-7-13-8-4-11)2-12-5-9-14-10-6-12;1-5-6(2)10-8(4)7(3)9-5;1-3-7(9-5-1)8-4-2-6-10-8;2*8-4-2-1-3-5(9)6(4)7(10)11/h3-10H,1-2H2;1-4H3;1-6H;2*1-3,8-9H. The maximum Gasteiger partial charge on any atom is 0.351 e. The SMILES string of the molecule is Cc1nc(C)c(C)nc1C.O=[N+]([O-])c1c(O)cccc1O.O=[N+]([O-])c1c(O)cccc1O.c1cc(CCc2ccncc2)ccn1.c1csc(-c2cccs2)c1. The first-order chi connectivity index (χ1) is 26.8. The average molecular weight is 797 g/mol. The molecule has 0 aliphatic carbocycles. The quantitative estimate of drug-likeness (QED) is 0.0913. The number of hydrogen-bond acceptors (Lipinski definition) is 14. The van der Waals surface area contributed by atoms with Gasteiger partial charge in [0.15, 0.2) is 23.0 Å². The number of nitro benzene ring substituents is 2. The van der Waals surface area contributed by atoms with Crippen LogP contribution in [0, 0.1) is 47.9 Å². The average Bonchev–Trinajstić information content (AvgIpc) is 3.91. The van der Waals surface area contributed by atoms with Gasteiger partial charge in [0.25, 0.3) is 0 Å². The van der Waals surface area contributed by atoms with Crippen LogP contribution in [-0.4, -0.2) is 50.2 Å². The molecule has 0 bridgehead atoms. The molecule has 2 aromatic carbocycles. The van der Waals surface area contributed by atoms with Gasteiger partial charge in [-0.1, -0.05) is 24.3 Å². The number of aromatic nitrogens is 4. The van der Waals surface area contributed by atoms with Gasteiger partial charge in [0.05, 0.1) is 32.6 Å². The van der Waals surface area contributed by atoms with Crippen molar-refractivity contribution in [1.29, 1.82) is 0 Å². The Kier molecular flexibility index (Phi) is 17.5. The van der Waals surface area contributed by atoms with Gasteiger partial charge in [-0.05, 0) is 123 Å². The molecule has 16 heteroatoms. The number of nitrogens with zero attached hydrogens (tertiary/aromatic N) is 6. The Bertz CT molecular complexity index is 2040. The van der Waals surface area contributed by atoms with E-state index in [0.29, 0.717) is 0 Å². The highest BCUT2D eigenvalue weighted by molar-refractivity contribution is 7.20. The van der Waals surface area contributed by atoms with Crippen LogP contribution in [0.25, 0.3) is 9.75 Å². The molecular formula is C40H40N6O8S2. The second-order valence-corrected chi connectivity index (χ2v) is 13.4. The van der Waals surface area contributed by atoms with Crippen molar-refractivity contribution in [1.82, 2.24) is 19.9 Å². The van der Waals surface area contributed by atoms with Crippen LogP contribution in [0.3, 0.4) is 0 Å². The van der Waals surface area contributed by atoms with Crippen molar-refractivity contribution in [2.45, 2.75) is 40.5 Å². The van der Waals surface area contributed by atoms with Gasteiger partial charge in [0.1, 0.15) is 0 Å². The van der Waals surface area contributed by atoms with E-state index in [-0.39, 0.29) is 0 Å². The molecule has 0 aliphatic heterocycles. The molecule has 5 heterocycles. The van der Waals surface area contributed by atoms with E-state index in [1.165, 1.54) is 33.0 Å². The van der Waals surface area contributed by atoms with Crippen molar-refractivity contribution in [3.63, 3.8) is 0 Å². The molecule has 4 N–H and O–H groups in total. The van der Waals surface area contributed by atoms with Crippen molar-refractivity contribution in [3.8, 4) is 32.8 Å². The van der Waals surface area contributed by atoms with Crippen LogP contribution in [0.1, 0.15) is 33.9 Å². The summed E-state index contributed by atoms with van der Waals surface area (Å²) >= 11 is 3.58. The number of nitro groups is 2. The van der Waals surface area contributed by atoms with Crippen molar-refractivity contribution < 1.29 is 30.3 Å². The van der Waals surface area contributed by atoms with E-state index < -0.39 is 44.2 Å². The third kappa shape index (κ3) is 14.2. The summed E-state index contributed by atoms with van der Waals surface area (Å²) in [7, 11) is 0. The Labute approximate surface area is 331 Å². The molecule has 290 valence electrons. The second kappa shape index (κ2) is 22.4. The summed E-state index contributed by atoms with van der Waals surface area (Å²) in [5.74, 6) is -2.13. The first-order valence-electron chi connectivity index (χ1n) is 16.7. The first-order valence-corrected chi connectivity index (χ1v) is 18.5. The number of phenolic OH excluding ortho intramolecular Hbond substituents is 4. The van der Waals surface area contributed by atoms with Gasteiger partial charge in [-0.3, -0.25) is 40.2 Å². The predicted molar refractivity (Wildman–Crippen MR) is 217 cm³/mol. The highest BCUT2D eigenvalue weighted by atomic mass is 32.1. The maximum atomic E-state index is 10.1. The molecule has 5 aromatic heterocycles. The van der Waals surface area contributed by atoms with E-state index in [9.17, 15) is 20.2 Å². The fourth-order valence-electron chi connectivity index (χ4n) is 4.46. The minimum atomic E-state index is -0.843. The summed E-state index contributed by atoms with van der Waals surface area (Å²) in [5.41, 5.74) is 5.46. The number of rotatable bonds is 6. The smallest absolute Gasteiger partial charge is 0.351 e. The zero-order chi connectivity index (χ0) is 41.0. The molecule has 0 atom stereocenters. The lowest BCUT2D eigenvalue weighted by molar-refractivity contribution is -0.387. The van der Waals surface area contributed by atoms with Crippen molar-refractivity contribution in [2.24, 2.45) is 0 Å². The molecule has 0 fully saturated rings. The van der Waals surface area contributed by atoms with Gasteiger partial charge in [0.2, 0.25) is 0 Å². The van der Waals surface area contributed by atoms with E-state index in [2.05, 4.69) is 79.2 Å². The summed E-state index contributed by atoms with van der Waals surface area (Å²) in [6, 6.07) is 23.9. The number of phenols is 4. The van der Waals surface area contributed by atoms with Gasteiger partial charge in [0, 0.05) is 34.5 Å². The van der Waals surface area contributed by atoms with Gasteiger partial charge < -0.3 is 20.4 Å². The van der Waals surface area contributed by atoms with Gasteiger partial charge >= 0.3 is 11.4 Å². The fraction of sp³-hybridized carbons (Fsp3) is 0.150. The summed E-state index contributed by atoms with van der Waals surface area (Å²) < 4.78 is 0. The first kappa shape index (κ1) is 43.6. The van der Waals surface area contributed by atoms with Gasteiger partial charge in [-0.25, -0.2) is 0 Å². The minimum Gasteiger partial charge on any atom is -0.502 e. The van der Waals surface area contributed by atoms with Crippen LogP contribution in [-0.2, 0) is 12.8 Å². The lowest BCUT2D eigenvalue weighted by atomic mass is 10.1. The molecular weight excluding hydrogens is 757 g/mol. The number of aryl methyl sites for hydroxylation is 6. The van der Waals surface area contributed by atoms with Crippen LogP contribution in [0.2, 0.25) is 0 Å². The molecule has 0 radical (unpaired) electrons. The fourth-order valence-corrected chi connectivity index (χ4v) is 6.04. The Balaban J connectivity index is 0.000000189. The highest BCUT2D eigenvalue weighted by Gasteiger charge is 2.18. The Morgan fingerprint density at radius 3 is 1.04 bits per heavy atom. The lowest BCUT2D eigenvalue weighted by Gasteiger charge is -2.01. The minimum absolute atomic E-state index is 0.532. The van der Waals surface area contributed by atoms with Crippen molar-refractivity contribution >= 4 is 34.0 Å². The molecule has 0 aliphatic rings. The zero-order valence-electron chi connectivity index (χ0n) is 30.9. The van der Waals surface area contributed by atoms with Crippen LogP contribution in [0.15, 0.2) is 120 Å². The number of aromatic hydroxyl groups is 4. The molecule has 0 amide bonds. The number of para-hydroxylation sites is 2. The summed E-state index contributed by atoms with van der Waals surface area (Å²) in [5, 5.41) is 59.9. The van der Waals surface area contributed by atoms with Gasteiger partial charge in [-0.2, -0.15) is 0 Å². The van der Waals surface area contributed by atoms with Crippen molar-refractivity contribution in [3.05, 3.63) is 175 Å². The van der Waals surface area contributed by atoms with E-state index in [1.807, 2.05) is 52.5 Å². The normalized spacial score (nSPS) is 9.79. The lowest BCUT2D eigenvalue weighted by Crippen LogP contribution is -1.97. The van der Waals surface area contributed by atoms with Crippen LogP contribution in [0.5, 0.6) is 23.0 Å². The summed E-state index contributed by atoms with van der Waals surface area (Å²) in [6.07, 6.45) is 9.46. The van der Waals surface area contributed by atoms with E-state index in [1.54, 1.807) is 22.7 Å². The van der Waals surface area contributed by atoms with Crippen LogP contribution in [0.4, 0.5) is 11.4 Å². The number of thiophene rings is 2. The maximum absolute atomic E-state index is 10.1. The van der Waals surface area contributed by atoms with Gasteiger partial charge in [-0.15, -0.1) is 22.7 Å². The van der Waals surface area contributed by atoms with E-state index in [0.717, 1.165) is 59.9 Å². The number of benzene rings is 2. The van der Waals surface area contributed by atoms with E-state index >= 15 is 0 Å². The monoisotopic (exact) mass is 796 g/mol. The number of hydrogen-bond donors (Lipinski definition) is 4.